The third kappa shape index (κ3) is 6.34. The van der Waals surface area contributed by atoms with Gasteiger partial charge in [0.1, 0.15) is 5.75 Å². The minimum atomic E-state index is -0.442. The van der Waals surface area contributed by atoms with Crippen molar-refractivity contribution in [2.45, 2.75) is 13.3 Å². The van der Waals surface area contributed by atoms with E-state index in [1.165, 1.54) is 5.56 Å². The van der Waals surface area contributed by atoms with Crippen molar-refractivity contribution in [1.29, 1.82) is 0 Å². The standard InChI is InChI=1S/C18H18ClN3O3S/c1-2-12-3-9-15(10-4-12)25-11-16(23)20-18(26)22-21-17(24)13-5-7-14(19)8-6-13/h3-10H,2,11H2,1H3,(H,21,24)(H2,20,22,23,26). The molecule has 0 unspecified atom stereocenters. The fourth-order valence-corrected chi connectivity index (χ4v) is 2.24. The molecule has 2 amide bonds. The number of thiocarbonyl (C=S) groups is 1. The lowest BCUT2D eigenvalue weighted by Crippen LogP contribution is -2.49. The number of amides is 2. The summed E-state index contributed by atoms with van der Waals surface area (Å²) in [6.07, 6.45) is 0.933. The smallest absolute Gasteiger partial charge is 0.269 e. The van der Waals surface area contributed by atoms with Crippen molar-refractivity contribution in [3.05, 3.63) is 64.7 Å². The van der Waals surface area contributed by atoms with Gasteiger partial charge in [0, 0.05) is 10.6 Å². The van der Waals surface area contributed by atoms with Crippen molar-refractivity contribution in [2.24, 2.45) is 0 Å². The molecule has 0 saturated heterocycles. The molecule has 0 aromatic heterocycles. The van der Waals surface area contributed by atoms with Crippen LogP contribution in [0.25, 0.3) is 0 Å². The minimum absolute atomic E-state index is 0.0396. The molecule has 0 saturated carbocycles. The molecule has 0 aliphatic rings. The summed E-state index contributed by atoms with van der Waals surface area (Å²) in [5.41, 5.74) is 6.41. The van der Waals surface area contributed by atoms with Crippen LogP contribution in [0.5, 0.6) is 5.75 Å². The van der Waals surface area contributed by atoms with Crippen LogP contribution in [0.3, 0.4) is 0 Å². The first kappa shape index (κ1) is 19.7. The van der Waals surface area contributed by atoms with Gasteiger partial charge >= 0.3 is 0 Å². The number of ether oxygens (including phenoxy) is 1. The highest BCUT2D eigenvalue weighted by atomic mass is 35.5. The largest absolute Gasteiger partial charge is 0.484 e. The highest BCUT2D eigenvalue weighted by molar-refractivity contribution is 7.80. The van der Waals surface area contributed by atoms with E-state index < -0.39 is 11.8 Å². The number of aryl methyl sites for hydroxylation is 1. The lowest BCUT2D eigenvalue weighted by molar-refractivity contribution is -0.121. The molecule has 0 bridgehead atoms. The normalized spacial score (nSPS) is 9.92. The Bertz CT molecular complexity index is 779. The predicted molar refractivity (Wildman–Crippen MR) is 104 cm³/mol. The minimum Gasteiger partial charge on any atom is -0.484 e. The molecule has 2 rings (SSSR count). The van der Waals surface area contributed by atoms with E-state index in [0.717, 1.165) is 6.42 Å². The number of rotatable bonds is 5. The Morgan fingerprint density at radius 3 is 2.31 bits per heavy atom. The van der Waals surface area contributed by atoms with Crippen LogP contribution >= 0.6 is 23.8 Å². The van der Waals surface area contributed by atoms with E-state index in [1.807, 2.05) is 12.1 Å². The molecule has 0 aliphatic heterocycles. The third-order valence-corrected chi connectivity index (χ3v) is 3.81. The summed E-state index contributed by atoms with van der Waals surface area (Å²) in [6.45, 7) is 1.86. The molecule has 0 radical (unpaired) electrons. The molecular weight excluding hydrogens is 374 g/mol. The molecule has 6 nitrogen and oxygen atoms in total. The molecule has 0 atom stereocenters. The Balaban J connectivity index is 1.71. The fourth-order valence-electron chi connectivity index (χ4n) is 1.95. The zero-order chi connectivity index (χ0) is 18.9. The average molecular weight is 392 g/mol. The molecule has 136 valence electrons. The van der Waals surface area contributed by atoms with Gasteiger partial charge in [-0.1, -0.05) is 30.7 Å². The number of nitrogens with one attached hydrogen (secondary N) is 3. The van der Waals surface area contributed by atoms with Gasteiger partial charge in [0.15, 0.2) is 11.7 Å². The second kappa shape index (κ2) is 9.74. The van der Waals surface area contributed by atoms with E-state index in [0.29, 0.717) is 16.3 Å². The van der Waals surface area contributed by atoms with Crippen molar-refractivity contribution in [3.8, 4) is 5.75 Å². The Morgan fingerprint density at radius 2 is 1.69 bits per heavy atom. The zero-order valence-corrected chi connectivity index (χ0v) is 15.6. The number of hydrogen-bond donors (Lipinski definition) is 3. The molecule has 0 fully saturated rings. The number of benzene rings is 2. The average Bonchev–Trinajstić information content (AvgIpc) is 2.65. The zero-order valence-electron chi connectivity index (χ0n) is 14.0. The third-order valence-electron chi connectivity index (χ3n) is 3.35. The number of carbonyl (C=O) groups is 2. The molecule has 2 aromatic rings. The maximum absolute atomic E-state index is 11.9. The van der Waals surface area contributed by atoms with Crippen LogP contribution in [0.4, 0.5) is 0 Å². The van der Waals surface area contributed by atoms with Crippen molar-refractivity contribution < 1.29 is 14.3 Å². The summed E-state index contributed by atoms with van der Waals surface area (Å²) in [5, 5.41) is 2.90. The molecule has 8 heteroatoms. The van der Waals surface area contributed by atoms with Crippen molar-refractivity contribution in [1.82, 2.24) is 16.2 Å². The Kier molecular flexibility index (Phi) is 7.37. The summed E-state index contributed by atoms with van der Waals surface area (Å²) >= 11 is 10.7. The van der Waals surface area contributed by atoms with Gasteiger partial charge in [-0.3, -0.25) is 25.8 Å². The van der Waals surface area contributed by atoms with Gasteiger partial charge in [-0.05, 0) is 60.6 Å². The Labute approximate surface area is 161 Å². The van der Waals surface area contributed by atoms with E-state index in [9.17, 15) is 9.59 Å². The lowest BCUT2D eigenvalue weighted by Gasteiger charge is -2.11. The topological polar surface area (TPSA) is 79.5 Å². The highest BCUT2D eigenvalue weighted by Crippen LogP contribution is 2.12. The second-order valence-corrected chi connectivity index (χ2v) is 6.09. The van der Waals surface area contributed by atoms with E-state index in [1.54, 1.807) is 36.4 Å². The van der Waals surface area contributed by atoms with Crippen LogP contribution in [-0.2, 0) is 11.2 Å². The van der Waals surface area contributed by atoms with Gasteiger partial charge in [-0.25, -0.2) is 0 Å². The van der Waals surface area contributed by atoms with Gasteiger partial charge in [-0.15, -0.1) is 0 Å². The van der Waals surface area contributed by atoms with E-state index in [4.69, 9.17) is 28.6 Å². The van der Waals surface area contributed by atoms with E-state index in [2.05, 4.69) is 23.1 Å². The lowest BCUT2D eigenvalue weighted by atomic mass is 10.2. The molecule has 0 heterocycles. The SMILES string of the molecule is CCc1ccc(OCC(=O)NC(=S)NNC(=O)c2ccc(Cl)cc2)cc1. The van der Waals surface area contributed by atoms with Crippen molar-refractivity contribution >= 4 is 40.7 Å². The molecule has 0 spiro atoms. The van der Waals surface area contributed by atoms with Crippen LogP contribution in [0.15, 0.2) is 48.5 Å². The van der Waals surface area contributed by atoms with Crippen molar-refractivity contribution in [2.75, 3.05) is 6.61 Å². The summed E-state index contributed by atoms with van der Waals surface area (Å²) in [5.74, 6) is -0.263. The molecule has 2 aromatic carbocycles. The number of hydrogen-bond acceptors (Lipinski definition) is 4. The maximum atomic E-state index is 11.9. The summed E-state index contributed by atoms with van der Waals surface area (Å²) in [4.78, 5) is 23.7. The highest BCUT2D eigenvalue weighted by Gasteiger charge is 2.08. The maximum Gasteiger partial charge on any atom is 0.269 e. The number of carbonyl (C=O) groups excluding carboxylic acids is 2. The number of halogens is 1. The Morgan fingerprint density at radius 1 is 1.04 bits per heavy atom. The van der Waals surface area contributed by atoms with Gasteiger partial charge in [0.25, 0.3) is 11.8 Å². The quantitative estimate of drug-likeness (QED) is 0.539. The van der Waals surface area contributed by atoms with Crippen molar-refractivity contribution in [3.63, 3.8) is 0 Å². The van der Waals surface area contributed by atoms with Gasteiger partial charge in [-0.2, -0.15) is 0 Å². The summed E-state index contributed by atoms with van der Waals surface area (Å²) < 4.78 is 5.37. The van der Waals surface area contributed by atoms with Gasteiger partial charge in [0.05, 0.1) is 0 Å². The molecule has 0 aliphatic carbocycles. The van der Waals surface area contributed by atoms with Gasteiger partial charge < -0.3 is 4.74 Å². The molecular formula is C18H18ClN3O3S. The molecule has 3 N–H and O–H groups in total. The molecule has 26 heavy (non-hydrogen) atoms. The first-order valence-electron chi connectivity index (χ1n) is 7.85. The monoisotopic (exact) mass is 391 g/mol. The van der Waals surface area contributed by atoms with Crippen LogP contribution < -0.4 is 20.9 Å². The first-order chi connectivity index (χ1) is 12.5. The fraction of sp³-hybridized carbons (Fsp3) is 0.167. The summed E-state index contributed by atoms with van der Waals surface area (Å²) in [6, 6.07) is 13.8. The second-order valence-electron chi connectivity index (χ2n) is 5.25. The van der Waals surface area contributed by atoms with Crippen LogP contribution in [0, 0.1) is 0 Å². The van der Waals surface area contributed by atoms with Crippen LogP contribution in [0.1, 0.15) is 22.8 Å². The number of hydrazine groups is 1. The summed E-state index contributed by atoms with van der Waals surface area (Å²) in [7, 11) is 0. The Hall–Kier alpha value is -2.64. The van der Waals surface area contributed by atoms with Crippen LogP contribution in [-0.4, -0.2) is 23.5 Å². The van der Waals surface area contributed by atoms with Gasteiger partial charge in [0.2, 0.25) is 0 Å². The predicted octanol–water partition coefficient (Wildman–Crippen LogP) is 2.62. The first-order valence-corrected chi connectivity index (χ1v) is 8.64. The van der Waals surface area contributed by atoms with E-state index in [-0.39, 0.29) is 11.7 Å². The van der Waals surface area contributed by atoms with E-state index >= 15 is 0 Å². The van der Waals surface area contributed by atoms with Crippen LogP contribution in [0.2, 0.25) is 5.02 Å².